The van der Waals surface area contributed by atoms with E-state index >= 15 is 0 Å². The summed E-state index contributed by atoms with van der Waals surface area (Å²) in [5, 5.41) is 2.94. The molecule has 6 rings (SSSR count). The Bertz CT molecular complexity index is 1200. The normalized spacial score (nSPS) is 25.4. The highest BCUT2D eigenvalue weighted by Gasteiger charge is 2.54. The number of benzene rings is 2. The van der Waals surface area contributed by atoms with Crippen LogP contribution in [-0.2, 0) is 21.5 Å². The van der Waals surface area contributed by atoms with E-state index in [1.165, 1.54) is 0 Å². The third-order valence-electron chi connectivity index (χ3n) is 7.67. The van der Waals surface area contributed by atoms with Crippen LogP contribution in [0, 0.1) is 0 Å². The third kappa shape index (κ3) is 3.63. The van der Waals surface area contributed by atoms with Crippen molar-refractivity contribution in [3.63, 3.8) is 0 Å². The van der Waals surface area contributed by atoms with Crippen LogP contribution in [0.25, 0.3) is 0 Å². The van der Waals surface area contributed by atoms with Crippen molar-refractivity contribution in [2.24, 2.45) is 0 Å². The van der Waals surface area contributed by atoms with Gasteiger partial charge in [0.05, 0.1) is 19.3 Å². The Hall–Kier alpha value is -3.55. The van der Waals surface area contributed by atoms with Crippen LogP contribution < -0.4 is 14.8 Å². The summed E-state index contributed by atoms with van der Waals surface area (Å²) < 4.78 is 11.6. The maximum Gasteiger partial charge on any atom is 0.325 e. The minimum Gasteiger partial charge on any atom is -0.490 e. The van der Waals surface area contributed by atoms with Gasteiger partial charge in [0, 0.05) is 13.0 Å². The van der Waals surface area contributed by atoms with Crippen LogP contribution in [-0.4, -0.2) is 53.9 Å². The van der Waals surface area contributed by atoms with Crippen LogP contribution in [0.15, 0.2) is 42.5 Å². The lowest BCUT2D eigenvalue weighted by Gasteiger charge is -2.33. The van der Waals surface area contributed by atoms with Gasteiger partial charge in [0.1, 0.15) is 12.1 Å². The molecule has 4 amide bonds. The zero-order valence-corrected chi connectivity index (χ0v) is 19.6. The summed E-state index contributed by atoms with van der Waals surface area (Å²) in [6.45, 7) is 1.56. The van der Waals surface area contributed by atoms with Crippen molar-refractivity contribution >= 4 is 17.8 Å². The molecule has 0 radical (unpaired) electrons. The maximum absolute atomic E-state index is 13.6. The van der Waals surface area contributed by atoms with Gasteiger partial charge >= 0.3 is 6.03 Å². The number of amides is 4. The van der Waals surface area contributed by atoms with Crippen LogP contribution in [0.5, 0.6) is 11.5 Å². The lowest BCUT2D eigenvalue weighted by Crippen LogP contribution is -2.47. The van der Waals surface area contributed by atoms with Crippen molar-refractivity contribution < 1.29 is 23.9 Å². The molecule has 182 valence electrons. The molecule has 35 heavy (non-hydrogen) atoms. The molecule has 2 fully saturated rings. The molecule has 3 aliphatic heterocycles. The van der Waals surface area contributed by atoms with Crippen molar-refractivity contribution in [1.29, 1.82) is 0 Å². The number of urea groups is 1. The molecule has 2 atom stereocenters. The van der Waals surface area contributed by atoms with Gasteiger partial charge in [-0.25, -0.2) is 4.79 Å². The second-order valence-corrected chi connectivity index (χ2v) is 9.74. The van der Waals surface area contributed by atoms with Gasteiger partial charge in [-0.3, -0.25) is 14.5 Å². The summed E-state index contributed by atoms with van der Waals surface area (Å²) >= 11 is 0. The highest BCUT2D eigenvalue weighted by molar-refractivity contribution is 6.09. The smallest absolute Gasteiger partial charge is 0.325 e. The number of hydrogen-bond donors (Lipinski definition) is 1. The summed E-state index contributed by atoms with van der Waals surface area (Å²) in [6, 6.07) is 13.0. The van der Waals surface area contributed by atoms with Crippen LogP contribution in [0.3, 0.4) is 0 Å². The van der Waals surface area contributed by atoms with Gasteiger partial charge in [0.2, 0.25) is 5.91 Å². The minimum atomic E-state index is -1.06. The molecule has 1 spiro atoms. The van der Waals surface area contributed by atoms with Gasteiger partial charge < -0.3 is 19.7 Å². The highest BCUT2D eigenvalue weighted by Crippen LogP contribution is 2.41. The first-order chi connectivity index (χ1) is 17.1. The van der Waals surface area contributed by atoms with Crippen LogP contribution in [0.4, 0.5) is 4.79 Å². The average Bonchev–Trinajstić information content (AvgIpc) is 3.35. The Morgan fingerprint density at radius 2 is 1.86 bits per heavy atom. The van der Waals surface area contributed by atoms with E-state index in [0.29, 0.717) is 31.9 Å². The predicted octanol–water partition coefficient (Wildman–Crippen LogP) is 3.30. The Labute approximate surface area is 204 Å². The molecule has 0 saturated carbocycles. The second kappa shape index (κ2) is 8.59. The Kier molecular flexibility index (Phi) is 5.39. The largest absolute Gasteiger partial charge is 0.490 e. The minimum absolute atomic E-state index is 0.121. The Balaban J connectivity index is 1.22. The van der Waals surface area contributed by atoms with E-state index < -0.39 is 11.6 Å². The molecule has 1 N–H and O–H groups in total. The molecular weight excluding hydrogens is 446 g/mol. The van der Waals surface area contributed by atoms with E-state index in [9.17, 15) is 14.4 Å². The van der Waals surface area contributed by atoms with Crippen molar-refractivity contribution in [1.82, 2.24) is 15.1 Å². The topological polar surface area (TPSA) is 88.2 Å². The van der Waals surface area contributed by atoms with Gasteiger partial charge in [-0.15, -0.1) is 0 Å². The van der Waals surface area contributed by atoms with Gasteiger partial charge in [0.25, 0.3) is 5.91 Å². The molecule has 8 nitrogen and oxygen atoms in total. The van der Waals surface area contributed by atoms with E-state index in [-0.39, 0.29) is 24.4 Å². The van der Waals surface area contributed by atoms with Gasteiger partial charge in [-0.2, -0.15) is 0 Å². The van der Waals surface area contributed by atoms with Crippen molar-refractivity contribution in [2.75, 3.05) is 26.3 Å². The summed E-state index contributed by atoms with van der Waals surface area (Å²) in [7, 11) is 0. The Morgan fingerprint density at radius 1 is 1.03 bits per heavy atom. The number of nitrogens with one attached hydrogen (secondary N) is 1. The molecule has 2 aromatic rings. The number of carbonyl (C=O) groups excluding carboxylic acids is 3. The van der Waals surface area contributed by atoms with Crippen LogP contribution >= 0.6 is 0 Å². The summed E-state index contributed by atoms with van der Waals surface area (Å²) in [6.07, 6.45) is 4.75. The highest BCUT2D eigenvalue weighted by atomic mass is 16.5. The number of ether oxygens (including phenoxy) is 2. The lowest BCUT2D eigenvalue weighted by molar-refractivity contribution is -0.140. The number of rotatable bonds is 3. The second-order valence-electron chi connectivity index (χ2n) is 9.74. The van der Waals surface area contributed by atoms with Gasteiger partial charge in [0.15, 0.2) is 11.5 Å². The first-order valence-corrected chi connectivity index (χ1v) is 12.5. The molecule has 4 aliphatic rings. The summed E-state index contributed by atoms with van der Waals surface area (Å²) in [5.41, 5.74) is 1.85. The fourth-order valence-electron chi connectivity index (χ4n) is 5.98. The van der Waals surface area contributed by atoms with Crippen LogP contribution in [0.2, 0.25) is 0 Å². The number of nitrogens with zero attached hydrogens (tertiary/aromatic N) is 2. The van der Waals surface area contributed by atoms with E-state index in [1.807, 2.05) is 42.5 Å². The van der Waals surface area contributed by atoms with Crippen LogP contribution in [0.1, 0.15) is 54.8 Å². The first kappa shape index (κ1) is 21.9. The van der Waals surface area contributed by atoms with E-state index in [1.54, 1.807) is 4.90 Å². The summed E-state index contributed by atoms with van der Waals surface area (Å²) in [4.78, 5) is 42.9. The quantitative estimate of drug-likeness (QED) is 0.689. The maximum atomic E-state index is 13.6. The monoisotopic (exact) mass is 475 g/mol. The Morgan fingerprint density at radius 3 is 2.74 bits per heavy atom. The van der Waals surface area contributed by atoms with E-state index in [2.05, 4.69) is 5.32 Å². The zero-order chi connectivity index (χ0) is 24.0. The number of aryl methyl sites for hydroxylation is 1. The van der Waals surface area contributed by atoms with Crippen molar-refractivity contribution in [2.45, 2.75) is 50.1 Å². The van der Waals surface area contributed by atoms with E-state index in [0.717, 1.165) is 59.4 Å². The van der Waals surface area contributed by atoms with Gasteiger partial charge in [-0.1, -0.05) is 30.3 Å². The first-order valence-electron chi connectivity index (χ1n) is 12.5. The van der Waals surface area contributed by atoms with E-state index in [4.69, 9.17) is 9.47 Å². The number of fused-ring (bicyclic) bond motifs is 3. The molecule has 8 heteroatoms. The standard InChI is InChI=1S/C27H29N3O5/c31-24(29-13-4-9-21(29)19-10-11-22-23(16-19)35-15-5-14-34-22)17-30-25(32)27(28-26(30)33)12-3-7-18-6-1-2-8-20(18)27/h1-2,6,8,10-11,16,21H,3-5,7,9,12-15,17H2,(H,28,33)/t21-,27+/m0/s1. The molecule has 0 bridgehead atoms. The number of carbonyl (C=O) groups is 3. The molecule has 2 aromatic carbocycles. The molecular formula is C27H29N3O5. The summed E-state index contributed by atoms with van der Waals surface area (Å²) in [5.74, 6) is 0.879. The SMILES string of the molecule is O=C1N[C@@]2(CCCc3ccccc32)C(=O)N1CC(=O)N1CCC[C@H]1c1ccc2c(c1)OCCCO2. The third-order valence-corrected chi connectivity index (χ3v) is 7.67. The van der Waals surface area contributed by atoms with Crippen molar-refractivity contribution in [3.05, 3.63) is 59.2 Å². The molecule has 1 aliphatic carbocycles. The number of hydrogen-bond acceptors (Lipinski definition) is 5. The predicted molar refractivity (Wildman–Crippen MR) is 127 cm³/mol. The lowest BCUT2D eigenvalue weighted by atomic mass is 9.76. The molecule has 0 aromatic heterocycles. The van der Waals surface area contributed by atoms with Crippen molar-refractivity contribution in [3.8, 4) is 11.5 Å². The van der Waals surface area contributed by atoms with Gasteiger partial charge in [-0.05, 0) is 60.9 Å². The molecule has 2 saturated heterocycles. The number of likely N-dealkylation sites (tertiary alicyclic amines) is 1. The molecule has 0 unspecified atom stereocenters. The fourth-order valence-corrected chi connectivity index (χ4v) is 5.98. The number of imide groups is 1. The molecule has 3 heterocycles. The zero-order valence-electron chi connectivity index (χ0n) is 19.6. The fraction of sp³-hybridized carbons (Fsp3) is 0.444. The average molecular weight is 476 g/mol.